The quantitative estimate of drug-likeness (QED) is 0.770. The van der Waals surface area contributed by atoms with E-state index in [-0.39, 0.29) is 49.8 Å². The number of nitrogens with two attached hydrogens (primary N) is 1. The normalized spacial score (nSPS) is 14.9. The van der Waals surface area contributed by atoms with E-state index >= 15 is 0 Å². The number of ether oxygens (including phenoxy) is 1. The average Bonchev–Trinajstić information content (AvgIpc) is 2.62. The summed E-state index contributed by atoms with van der Waals surface area (Å²) in [5.41, 5.74) is 5.73. The molecule has 1 aromatic heterocycles. The van der Waals surface area contributed by atoms with E-state index in [9.17, 15) is 9.18 Å². The molecule has 10 heteroatoms. The molecule has 2 N–H and O–H groups in total. The van der Waals surface area contributed by atoms with Crippen molar-refractivity contribution in [3.8, 4) is 5.75 Å². The van der Waals surface area contributed by atoms with Crippen LogP contribution in [0.3, 0.4) is 0 Å². The summed E-state index contributed by atoms with van der Waals surface area (Å²) >= 11 is 0. The van der Waals surface area contributed by atoms with Crippen molar-refractivity contribution in [1.29, 1.82) is 0 Å². The number of hydrogen-bond donors (Lipinski definition) is 1. The summed E-state index contributed by atoms with van der Waals surface area (Å²) in [6.07, 6.45) is 5.16. The zero-order chi connectivity index (χ0) is 17.5. The molecular weight excluding hydrogens is 384 g/mol. The Balaban J connectivity index is 0.00000312. The number of rotatable bonds is 6. The van der Waals surface area contributed by atoms with Crippen LogP contribution in [0, 0.1) is 5.92 Å². The van der Waals surface area contributed by atoms with E-state index in [1.54, 1.807) is 31.4 Å². The molecule has 2 rings (SSSR count). The van der Waals surface area contributed by atoms with Gasteiger partial charge in [0.15, 0.2) is 5.75 Å². The maximum Gasteiger partial charge on any atom is 0.225 e. The van der Waals surface area contributed by atoms with Gasteiger partial charge >= 0.3 is 0 Å². The summed E-state index contributed by atoms with van der Waals surface area (Å²) in [7, 11) is 3.56. The monoisotopic (exact) mass is 409 g/mol. The third-order valence-electron chi connectivity index (χ3n) is 4.02. The highest BCUT2D eigenvalue weighted by Crippen LogP contribution is 2.22. The van der Waals surface area contributed by atoms with E-state index in [0.29, 0.717) is 23.6 Å². The number of carbonyl (C=O) groups is 1. The lowest BCUT2D eigenvalue weighted by molar-refractivity contribution is -0.133. The zero-order valence-corrected chi connectivity index (χ0v) is 16.6. The Morgan fingerprint density at radius 3 is 2.38 bits per heavy atom. The number of nitrogens with zero attached hydrogens (tertiary/aromatic N) is 4. The lowest BCUT2D eigenvalue weighted by Gasteiger charge is -2.32. The molecule has 0 spiro atoms. The number of piperidine rings is 1. The first-order valence-corrected chi connectivity index (χ1v) is 7.94. The van der Waals surface area contributed by atoms with Gasteiger partial charge < -0.3 is 20.3 Å². The van der Waals surface area contributed by atoms with E-state index < -0.39 is 0 Å². The number of hydrogen-bond acceptors (Lipinski definition) is 6. The number of carbonyl (C=O) groups excluding carboxylic acids is 1. The highest BCUT2D eigenvalue weighted by atomic mass is 35.5. The molecule has 2 heterocycles. The third-order valence-corrected chi connectivity index (χ3v) is 4.02. The van der Waals surface area contributed by atoms with Crippen molar-refractivity contribution >= 4 is 36.7 Å². The Kier molecular flexibility index (Phi) is 11.1. The van der Waals surface area contributed by atoms with E-state index in [0.717, 1.165) is 25.9 Å². The van der Waals surface area contributed by atoms with Gasteiger partial charge in [-0.25, -0.2) is 14.4 Å². The van der Waals surface area contributed by atoms with Crippen molar-refractivity contribution in [2.75, 3.05) is 45.2 Å². The standard InChI is InChI=1S/C16H24FN5O2.2ClH/c1-21(2)15(23)13-3-5-22(6-4-13)16-19-9-14(10-20-16)24-11-12(7-17)8-18;;/h7,9-10,13H,3-6,8,11,18H2,1-2H3;2*1H/b12-7+;;. The van der Waals surface area contributed by atoms with Gasteiger partial charge in [-0.15, -0.1) is 24.8 Å². The van der Waals surface area contributed by atoms with Crippen LogP contribution in [0.2, 0.25) is 0 Å². The van der Waals surface area contributed by atoms with Crippen LogP contribution in [0.1, 0.15) is 12.8 Å². The van der Waals surface area contributed by atoms with Crippen molar-refractivity contribution in [1.82, 2.24) is 14.9 Å². The summed E-state index contributed by atoms with van der Waals surface area (Å²) in [5.74, 6) is 1.32. The first-order valence-electron chi connectivity index (χ1n) is 7.94. The van der Waals surface area contributed by atoms with Crippen LogP contribution in [-0.2, 0) is 4.79 Å². The maximum absolute atomic E-state index is 12.4. The molecule has 0 unspecified atom stereocenters. The van der Waals surface area contributed by atoms with Gasteiger partial charge in [0.2, 0.25) is 11.9 Å². The van der Waals surface area contributed by atoms with Crippen LogP contribution in [0.25, 0.3) is 0 Å². The van der Waals surface area contributed by atoms with Crippen LogP contribution in [0.15, 0.2) is 24.3 Å². The van der Waals surface area contributed by atoms with Crippen molar-refractivity contribution in [2.24, 2.45) is 11.7 Å². The zero-order valence-electron chi connectivity index (χ0n) is 14.9. The van der Waals surface area contributed by atoms with E-state index in [4.69, 9.17) is 10.5 Å². The largest absolute Gasteiger partial charge is 0.486 e. The van der Waals surface area contributed by atoms with Crippen LogP contribution in [0.4, 0.5) is 10.3 Å². The van der Waals surface area contributed by atoms with Crippen molar-refractivity contribution in [2.45, 2.75) is 12.8 Å². The van der Waals surface area contributed by atoms with E-state index in [2.05, 4.69) is 14.9 Å². The number of aromatic nitrogens is 2. The highest BCUT2D eigenvalue weighted by molar-refractivity contribution is 5.85. The predicted molar refractivity (Wildman–Crippen MR) is 104 cm³/mol. The number of halogens is 3. The fourth-order valence-corrected chi connectivity index (χ4v) is 2.55. The fourth-order valence-electron chi connectivity index (χ4n) is 2.55. The van der Waals surface area contributed by atoms with Gasteiger partial charge in [0.1, 0.15) is 6.61 Å². The molecule has 0 radical (unpaired) electrons. The molecular formula is C16H26Cl2FN5O2. The molecule has 0 atom stereocenters. The Labute approximate surface area is 165 Å². The molecule has 1 aliphatic heterocycles. The minimum atomic E-state index is 0. The second kappa shape index (κ2) is 11.9. The van der Waals surface area contributed by atoms with Gasteiger partial charge in [0.05, 0.1) is 18.7 Å². The molecule has 26 heavy (non-hydrogen) atoms. The first kappa shape index (κ1) is 24.4. The first-order chi connectivity index (χ1) is 11.5. The van der Waals surface area contributed by atoms with E-state index in [1.807, 2.05) is 0 Å². The van der Waals surface area contributed by atoms with E-state index in [1.165, 1.54) is 0 Å². The minimum absolute atomic E-state index is 0. The second-order valence-electron chi connectivity index (χ2n) is 5.97. The lowest BCUT2D eigenvalue weighted by Crippen LogP contribution is -2.40. The van der Waals surface area contributed by atoms with Crippen LogP contribution in [-0.4, -0.2) is 61.1 Å². The molecule has 1 amide bonds. The summed E-state index contributed by atoms with van der Waals surface area (Å²) in [6.45, 7) is 1.67. The summed E-state index contributed by atoms with van der Waals surface area (Å²) in [5, 5.41) is 0. The molecule has 1 aliphatic rings. The Bertz CT molecular complexity index is 579. The molecule has 0 saturated carbocycles. The minimum Gasteiger partial charge on any atom is -0.486 e. The summed E-state index contributed by atoms with van der Waals surface area (Å²) in [6, 6.07) is 0. The van der Waals surface area contributed by atoms with Gasteiger partial charge in [0.25, 0.3) is 0 Å². The fraction of sp³-hybridized carbons (Fsp3) is 0.562. The maximum atomic E-state index is 12.4. The topological polar surface area (TPSA) is 84.6 Å². The van der Waals surface area contributed by atoms with Crippen LogP contribution in [0.5, 0.6) is 5.75 Å². The molecule has 1 fully saturated rings. The molecule has 0 aliphatic carbocycles. The molecule has 148 valence electrons. The van der Waals surface area contributed by atoms with Crippen LogP contribution >= 0.6 is 24.8 Å². The van der Waals surface area contributed by atoms with Gasteiger partial charge in [-0.3, -0.25) is 4.79 Å². The summed E-state index contributed by atoms with van der Waals surface area (Å²) < 4.78 is 17.8. The van der Waals surface area contributed by atoms with Crippen molar-refractivity contribution in [3.63, 3.8) is 0 Å². The lowest BCUT2D eigenvalue weighted by atomic mass is 9.96. The van der Waals surface area contributed by atoms with Gasteiger partial charge in [-0.05, 0) is 12.8 Å². The number of amides is 1. The van der Waals surface area contributed by atoms with Crippen LogP contribution < -0.4 is 15.4 Å². The average molecular weight is 410 g/mol. The number of anilines is 1. The predicted octanol–water partition coefficient (Wildman–Crippen LogP) is 1.82. The van der Waals surface area contributed by atoms with Gasteiger partial charge in [-0.1, -0.05) is 0 Å². The van der Waals surface area contributed by atoms with Crippen molar-refractivity contribution < 1.29 is 13.9 Å². The van der Waals surface area contributed by atoms with Gasteiger partial charge in [-0.2, -0.15) is 0 Å². The SMILES string of the molecule is CN(C)C(=O)C1CCN(c2ncc(OC/C(=C/F)CN)cn2)CC1.Cl.Cl. The highest BCUT2D eigenvalue weighted by Gasteiger charge is 2.27. The molecule has 0 aromatic carbocycles. The summed E-state index contributed by atoms with van der Waals surface area (Å²) in [4.78, 5) is 24.3. The Morgan fingerprint density at radius 2 is 1.92 bits per heavy atom. The third kappa shape index (κ3) is 6.59. The molecule has 0 bridgehead atoms. The van der Waals surface area contributed by atoms with Gasteiger partial charge in [0, 0.05) is 45.2 Å². The Morgan fingerprint density at radius 1 is 1.35 bits per heavy atom. The Hall–Kier alpha value is -1.64. The molecule has 7 nitrogen and oxygen atoms in total. The van der Waals surface area contributed by atoms with Crippen molar-refractivity contribution in [3.05, 3.63) is 24.3 Å². The smallest absolute Gasteiger partial charge is 0.225 e. The second-order valence-corrected chi connectivity index (χ2v) is 5.97. The molecule has 1 saturated heterocycles. The molecule has 1 aromatic rings.